The number of nitrogens with one attached hydrogen (secondary N) is 2. The minimum atomic E-state index is -0.969. The van der Waals surface area contributed by atoms with Crippen molar-refractivity contribution in [2.45, 2.75) is 50.7 Å². The lowest BCUT2D eigenvalue weighted by Crippen LogP contribution is -2.47. The second-order valence-electron chi connectivity index (χ2n) is 9.46. The van der Waals surface area contributed by atoms with E-state index in [1.807, 2.05) is 36.4 Å². The lowest BCUT2D eigenvalue weighted by molar-refractivity contribution is -0.127. The van der Waals surface area contributed by atoms with Crippen molar-refractivity contribution >= 4 is 11.8 Å². The fourth-order valence-electron chi connectivity index (χ4n) is 4.96. The highest BCUT2D eigenvalue weighted by atomic mass is 19.1. The second-order valence-corrected chi connectivity index (χ2v) is 9.46. The molecule has 6 nitrogen and oxygen atoms in total. The predicted molar refractivity (Wildman–Crippen MR) is 139 cm³/mol. The predicted octanol–water partition coefficient (Wildman–Crippen LogP) is 6.25. The molecule has 1 fully saturated rings. The number of hydrogen-bond acceptors (Lipinski definition) is 3. The number of carbonyl (C=O) groups is 2. The van der Waals surface area contributed by atoms with E-state index in [0.29, 0.717) is 17.0 Å². The van der Waals surface area contributed by atoms with E-state index in [2.05, 4.69) is 10.3 Å². The van der Waals surface area contributed by atoms with E-state index in [4.69, 9.17) is 4.42 Å². The van der Waals surface area contributed by atoms with Crippen molar-refractivity contribution < 1.29 is 18.4 Å². The monoisotopic (exact) mass is 499 g/mol. The molecule has 2 amide bonds. The van der Waals surface area contributed by atoms with Gasteiger partial charge in [0.05, 0.1) is 12.8 Å². The Hall–Kier alpha value is -4.13. The molecule has 1 atom stereocenters. The maximum absolute atomic E-state index is 14.0. The van der Waals surface area contributed by atoms with Gasteiger partial charge in [0.25, 0.3) is 5.91 Å². The van der Waals surface area contributed by atoms with Gasteiger partial charge in [-0.1, -0.05) is 61.7 Å². The molecule has 1 aliphatic rings. The first-order valence-electron chi connectivity index (χ1n) is 12.7. The van der Waals surface area contributed by atoms with E-state index >= 15 is 0 Å². The summed E-state index contributed by atoms with van der Waals surface area (Å²) in [5, 5.41) is 3.16. The van der Waals surface area contributed by atoms with Gasteiger partial charge in [0.2, 0.25) is 5.91 Å². The van der Waals surface area contributed by atoms with Crippen molar-refractivity contribution in [1.82, 2.24) is 15.2 Å². The molecular formula is C30H30FN3O3. The molecule has 2 heterocycles. The molecule has 1 aliphatic carbocycles. The molecule has 4 aromatic rings. The number of aromatic amines is 1. The molecule has 190 valence electrons. The summed E-state index contributed by atoms with van der Waals surface area (Å²) in [4.78, 5) is 32.5. The van der Waals surface area contributed by atoms with Crippen LogP contribution in [0.5, 0.6) is 0 Å². The van der Waals surface area contributed by atoms with Crippen LogP contribution in [0.4, 0.5) is 4.39 Å². The number of benzene rings is 2. The summed E-state index contributed by atoms with van der Waals surface area (Å²) in [6.07, 6.45) is 6.64. The molecule has 0 bridgehead atoms. The minimum absolute atomic E-state index is 0.0555. The van der Waals surface area contributed by atoms with Crippen molar-refractivity contribution in [3.05, 3.63) is 108 Å². The molecular weight excluding hydrogens is 469 g/mol. The summed E-state index contributed by atoms with van der Waals surface area (Å²) in [6.45, 7) is 0.0751. The van der Waals surface area contributed by atoms with Crippen LogP contribution in [0.1, 0.15) is 60.0 Å². The van der Waals surface area contributed by atoms with Gasteiger partial charge in [-0.3, -0.25) is 9.59 Å². The van der Waals surface area contributed by atoms with Crippen molar-refractivity contribution in [1.29, 1.82) is 0 Å². The molecule has 0 unspecified atom stereocenters. The Morgan fingerprint density at radius 2 is 1.70 bits per heavy atom. The van der Waals surface area contributed by atoms with Gasteiger partial charge in [0, 0.05) is 11.7 Å². The third-order valence-corrected chi connectivity index (χ3v) is 6.87. The quantitative estimate of drug-likeness (QED) is 0.301. The average Bonchev–Trinajstić information content (AvgIpc) is 3.63. The summed E-state index contributed by atoms with van der Waals surface area (Å²) in [7, 11) is 0. The minimum Gasteiger partial charge on any atom is -0.467 e. The average molecular weight is 500 g/mol. The smallest absolute Gasteiger partial charge is 0.271 e. The number of carbonyl (C=O) groups excluding carboxylic acids is 2. The van der Waals surface area contributed by atoms with Gasteiger partial charge < -0.3 is 19.6 Å². The Morgan fingerprint density at radius 1 is 0.946 bits per heavy atom. The highest BCUT2D eigenvalue weighted by Gasteiger charge is 2.34. The van der Waals surface area contributed by atoms with E-state index < -0.39 is 11.9 Å². The molecule has 2 N–H and O–H groups in total. The van der Waals surface area contributed by atoms with Gasteiger partial charge in [-0.2, -0.15) is 0 Å². The van der Waals surface area contributed by atoms with Crippen LogP contribution in [-0.4, -0.2) is 27.7 Å². The molecule has 7 heteroatoms. The first-order chi connectivity index (χ1) is 18.1. The summed E-state index contributed by atoms with van der Waals surface area (Å²) >= 11 is 0. The number of aromatic nitrogens is 1. The van der Waals surface area contributed by atoms with Crippen molar-refractivity contribution in [3.63, 3.8) is 0 Å². The fourth-order valence-corrected chi connectivity index (χ4v) is 4.96. The van der Waals surface area contributed by atoms with E-state index in [1.165, 1.54) is 23.3 Å². The SMILES string of the molecule is O=C(NC1CCCCC1)[C@@H](c1ccc(F)cc1)N(Cc1ccco1)C(=O)c1ccc(-c2ccccc2)[nH]1. The number of hydrogen-bond donors (Lipinski definition) is 2. The Kier molecular flexibility index (Phi) is 7.49. The van der Waals surface area contributed by atoms with Gasteiger partial charge in [0.1, 0.15) is 23.3 Å². The summed E-state index contributed by atoms with van der Waals surface area (Å²) in [5.41, 5.74) is 2.63. The highest BCUT2D eigenvalue weighted by molar-refractivity contribution is 5.97. The molecule has 1 saturated carbocycles. The molecule has 2 aromatic carbocycles. The van der Waals surface area contributed by atoms with Crippen LogP contribution in [0, 0.1) is 5.82 Å². The van der Waals surface area contributed by atoms with Gasteiger partial charge in [-0.15, -0.1) is 0 Å². The number of rotatable bonds is 8. The maximum atomic E-state index is 14.0. The summed E-state index contributed by atoms with van der Waals surface area (Å²) in [6, 6.07) is 21.6. The molecule has 0 saturated heterocycles. The number of amides is 2. The molecule has 0 aliphatic heterocycles. The van der Waals surface area contributed by atoms with Crippen LogP contribution in [0.2, 0.25) is 0 Å². The maximum Gasteiger partial charge on any atom is 0.271 e. The van der Waals surface area contributed by atoms with Crippen molar-refractivity contribution in [2.75, 3.05) is 0 Å². The van der Waals surface area contributed by atoms with Crippen molar-refractivity contribution in [3.8, 4) is 11.3 Å². The normalized spacial score (nSPS) is 14.7. The summed E-state index contributed by atoms with van der Waals surface area (Å²) < 4.78 is 19.4. The molecule has 0 spiro atoms. The molecule has 2 aromatic heterocycles. The molecule has 37 heavy (non-hydrogen) atoms. The Bertz CT molecular complexity index is 1310. The Balaban J connectivity index is 1.51. The Morgan fingerprint density at radius 3 is 2.41 bits per heavy atom. The first kappa shape index (κ1) is 24.6. The topological polar surface area (TPSA) is 78.3 Å². The number of halogens is 1. The zero-order valence-electron chi connectivity index (χ0n) is 20.5. The van der Waals surface area contributed by atoms with Crippen LogP contribution in [0.25, 0.3) is 11.3 Å². The molecule has 0 radical (unpaired) electrons. The third-order valence-electron chi connectivity index (χ3n) is 6.87. The van der Waals surface area contributed by atoms with Crippen LogP contribution in [-0.2, 0) is 11.3 Å². The number of furan rings is 1. The van der Waals surface area contributed by atoms with Crippen LogP contribution in [0.15, 0.2) is 89.5 Å². The van der Waals surface area contributed by atoms with Gasteiger partial charge in [-0.05, 0) is 60.4 Å². The fraction of sp³-hybridized carbons (Fsp3) is 0.267. The number of nitrogens with zero attached hydrogens (tertiary/aromatic N) is 1. The third kappa shape index (κ3) is 5.82. The zero-order chi connectivity index (χ0) is 25.6. The van der Waals surface area contributed by atoms with Crippen LogP contribution in [0.3, 0.4) is 0 Å². The van der Waals surface area contributed by atoms with Gasteiger partial charge >= 0.3 is 0 Å². The standard InChI is InChI=1S/C30H30FN3O3/c31-23-15-13-22(14-16-23)28(29(35)32-24-10-5-2-6-11-24)34(20-25-12-7-19-37-25)30(36)27-18-17-26(33-27)21-8-3-1-4-9-21/h1,3-4,7-9,12-19,24,28,33H,2,5-6,10-11,20H2,(H,32,35)/t28-/m1/s1. The van der Waals surface area contributed by atoms with Crippen LogP contribution >= 0.6 is 0 Å². The van der Waals surface area contributed by atoms with E-state index in [-0.39, 0.29) is 24.4 Å². The van der Waals surface area contributed by atoms with Gasteiger partial charge in [-0.25, -0.2) is 4.39 Å². The second kappa shape index (κ2) is 11.3. The van der Waals surface area contributed by atoms with E-state index in [0.717, 1.165) is 43.4 Å². The number of H-pyrrole nitrogens is 1. The zero-order valence-corrected chi connectivity index (χ0v) is 20.5. The van der Waals surface area contributed by atoms with Gasteiger partial charge in [0.15, 0.2) is 0 Å². The lowest BCUT2D eigenvalue weighted by atomic mass is 9.94. The van der Waals surface area contributed by atoms with E-state index in [1.54, 1.807) is 30.3 Å². The van der Waals surface area contributed by atoms with Crippen molar-refractivity contribution in [2.24, 2.45) is 0 Å². The highest BCUT2D eigenvalue weighted by Crippen LogP contribution is 2.28. The largest absolute Gasteiger partial charge is 0.467 e. The van der Waals surface area contributed by atoms with Crippen LogP contribution < -0.4 is 5.32 Å². The molecule has 5 rings (SSSR count). The lowest BCUT2D eigenvalue weighted by Gasteiger charge is -2.32. The van der Waals surface area contributed by atoms with E-state index in [9.17, 15) is 14.0 Å². The first-order valence-corrected chi connectivity index (χ1v) is 12.7. The summed E-state index contributed by atoms with van der Waals surface area (Å²) in [5.74, 6) is -0.503. The Labute approximate surface area is 215 Å².